The summed E-state index contributed by atoms with van der Waals surface area (Å²) in [6.45, 7) is 4.52. The third-order valence-corrected chi connectivity index (χ3v) is 4.73. The first-order valence-electron chi connectivity index (χ1n) is 8.34. The zero-order chi connectivity index (χ0) is 17.9. The van der Waals surface area contributed by atoms with Gasteiger partial charge in [0.1, 0.15) is 5.56 Å². The van der Waals surface area contributed by atoms with Crippen LogP contribution < -0.4 is 5.56 Å². The van der Waals surface area contributed by atoms with Crippen LogP contribution >= 0.6 is 0 Å². The largest absolute Gasteiger partial charge is 0.338 e. The zero-order valence-corrected chi connectivity index (χ0v) is 14.4. The highest BCUT2D eigenvalue weighted by atomic mass is 19.3. The van der Waals surface area contributed by atoms with Crippen LogP contribution in [0.5, 0.6) is 0 Å². The summed E-state index contributed by atoms with van der Waals surface area (Å²) in [5, 5.41) is 0. The Morgan fingerprint density at radius 3 is 2.58 bits per heavy atom. The number of rotatable bonds is 5. The van der Waals surface area contributed by atoms with Gasteiger partial charge in [-0.15, -0.1) is 0 Å². The van der Waals surface area contributed by atoms with Crippen molar-refractivity contribution in [1.29, 1.82) is 0 Å². The minimum absolute atomic E-state index is 0.0468. The van der Waals surface area contributed by atoms with Crippen molar-refractivity contribution in [3.8, 4) is 0 Å². The number of halogens is 2. The van der Waals surface area contributed by atoms with Crippen LogP contribution in [0.2, 0.25) is 0 Å². The molecule has 1 aromatic heterocycles. The van der Waals surface area contributed by atoms with Crippen molar-refractivity contribution < 1.29 is 13.6 Å². The minimum Gasteiger partial charge on any atom is -0.338 e. The number of hydrogen-bond acceptors (Lipinski definition) is 3. The summed E-state index contributed by atoms with van der Waals surface area (Å²) >= 11 is 0. The van der Waals surface area contributed by atoms with E-state index in [4.69, 9.17) is 0 Å². The number of pyridine rings is 1. The van der Waals surface area contributed by atoms with E-state index in [9.17, 15) is 18.4 Å². The Balaban J connectivity index is 2.03. The number of carbonyl (C=O) groups is 1. The van der Waals surface area contributed by atoms with Crippen molar-refractivity contribution in [2.45, 2.75) is 45.6 Å². The van der Waals surface area contributed by atoms with E-state index in [1.165, 1.54) is 0 Å². The number of H-pyrrole nitrogens is 1. The van der Waals surface area contributed by atoms with Gasteiger partial charge < -0.3 is 9.88 Å². The molecule has 1 N–H and O–H groups in total. The van der Waals surface area contributed by atoms with E-state index in [-0.39, 0.29) is 29.6 Å². The number of hydrogen-bond donors (Lipinski definition) is 1. The van der Waals surface area contributed by atoms with Gasteiger partial charge >= 0.3 is 0 Å². The molecule has 0 atom stereocenters. The topological polar surface area (TPSA) is 56.4 Å². The maximum absolute atomic E-state index is 12.6. The van der Waals surface area contributed by atoms with Gasteiger partial charge in [0.25, 0.3) is 17.9 Å². The molecule has 1 saturated heterocycles. The van der Waals surface area contributed by atoms with Crippen molar-refractivity contribution in [2.75, 3.05) is 26.7 Å². The summed E-state index contributed by atoms with van der Waals surface area (Å²) < 4.78 is 24.9. The van der Waals surface area contributed by atoms with E-state index in [1.54, 1.807) is 22.9 Å². The normalized spacial score (nSPS) is 16.2. The van der Waals surface area contributed by atoms with Gasteiger partial charge in [0.2, 0.25) is 0 Å². The van der Waals surface area contributed by atoms with Gasteiger partial charge in [-0.1, -0.05) is 6.92 Å². The molecule has 1 aliphatic rings. The molecule has 0 saturated carbocycles. The number of nitrogens with zero attached hydrogens (tertiary/aromatic N) is 2. The first kappa shape index (κ1) is 18.6. The summed E-state index contributed by atoms with van der Waals surface area (Å²) in [6, 6.07) is 1.69. The lowest BCUT2D eigenvalue weighted by Gasteiger charge is -2.36. The Morgan fingerprint density at radius 2 is 2.04 bits per heavy atom. The average Bonchev–Trinajstić information content (AvgIpc) is 2.55. The molecule has 24 heavy (non-hydrogen) atoms. The van der Waals surface area contributed by atoms with Crippen LogP contribution in [0.4, 0.5) is 8.78 Å². The summed E-state index contributed by atoms with van der Waals surface area (Å²) in [5.74, 6) is -0.281. The summed E-state index contributed by atoms with van der Waals surface area (Å²) in [7, 11) is 1.69. The van der Waals surface area contributed by atoms with Gasteiger partial charge in [-0.2, -0.15) is 0 Å². The van der Waals surface area contributed by atoms with E-state index >= 15 is 0 Å². The fourth-order valence-corrected chi connectivity index (χ4v) is 3.25. The van der Waals surface area contributed by atoms with Crippen LogP contribution in [0.1, 0.15) is 41.4 Å². The zero-order valence-electron chi connectivity index (χ0n) is 14.4. The number of aromatic amines is 1. The summed E-state index contributed by atoms with van der Waals surface area (Å²) in [6.07, 6.45) is -0.372. The van der Waals surface area contributed by atoms with Crippen molar-refractivity contribution in [3.05, 3.63) is 33.2 Å². The fraction of sp³-hybridized carbons (Fsp3) is 0.647. The molecule has 134 valence electrons. The average molecular weight is 341 g/mol. The molecule has 5 nitrogen and oxygen atoms in total. The first-order chi connectivity index (χ1) is 11.3. The second-order valence-corrected chi connectivity index (χ2v) is 6.38. The number of nitrogens with one attached hydrogen (secondary N) is 1. The van der Waals surface area contributed by atoms with Gasteiger partial charge in [-0.05, 0) is 44.9 Å². The SMILES string of the molecule is CCc1[nH]c(=O)c(C(=O)N2CCC(N(C)CC(F)F)CC2)cc1C. The van der Waals surface area contributed by atoms with Crippen LogP contribution in [0.25, 0.3) is 0 Å². The van der Waals surface area contributed by atoms with E-state index in [1.807, 2.05) is 13.8 Å². The highest BCUT2D eigenvalue weighted by Crippen LogP contribution is 2.18. The van der Waals surface area contributed by atoms with Crippen LogP contribution in [0, 0.1) is 6.92 Å². The Kier molecular flexibility index (Phi) is 6.10. The van der Waals surface area contributed by atoms with E-state index in [0.717, 1.165) is 11.3 Å². The lowest BCUT2D eigenvalue weighted by Crippen LogP contribution is -2.47. The molecule has 0 unspecified atom stereocenters. The van der Waals surface area contributed by atoms with Gasteiger partial charge in [-0.25, -0.2) is 8.78 Å². The van der Waals surface area contributed by atoms with Gasteiger partial charge in [0.15, 0.2) is 0 Å². The molecule has 0 aromatic carbocycles. The number of alkyl halides is 2. The molecule has 0 spiro atoms. The lowest BCUT2D eigenvalue weighted by atomic mass is 10.0. The molecular weight excluding hydrogens is 316 g/mol. The van der Waals surface area contributed by atoms with Crippen molar-refractivity contribution in [3.63, 3.8) is 0 Å². The standard InChI is InChI=1S/C17H25F2N3O2/c1-4-14-11(2)9-13(16(23)20-14)17(24)22-7-5-12(6-8-22)21(3)10-15(18)19/h9,12,15H,4-8,10H2,1-3H3,(H,20,23). The number of aryl methyl sites for hydroxylation is 2. The molecule has 0 radical (unpaired) electrons. The Bertz CT molecular complexity index is 637. The third-order valence-electron chi connectivity index (χ3n) is 4.73. The Hall–Kier alpha value is -1.76. The third kappa shape index (κ3) is 4.20. The van der Waals surface area contributed by atoms with E-state index in [2.05, 4.69) is 4.98 Å². The highest BCUT2D eigenvalue weighted by molar-refractivity contribution is 5.94. The highest BCUT2D eigenvalue weighted by Gasteiger charge is 2.28. The number of piperidine rings is 1. The minimum atomic E-state index is -2.35. The predicted octanol–water partition coefficient (Wildman–Crippen LogP) is 2.05. The molecule has 1 amide bonds. The monoisotopic (exact) mass is 341 g/mol. The van der Waals surface area contributed by atoms with E-state index in [0.29, 0.717) is 32.4 Å². The molecule has 7 heteroatoms. The maximum Gasteiger partial charge on any atom is 0.261 e. The van der Waals surface area contributed by atoms with Crippen LogP contribution in [-0.4, -0.2) is 59.8 Å². The van der Waals surface area contributed by atoms with Crippen LogP contribution in [-0.2, 0) is 6.42 Å². The molecule has 0 bridgehead atoms. The molecule has 0 aliphatic carbocycles. The Morgan fingerprint density at radius 1 is 1.42 bits per heavy atom. The fourth-order valence-electron chi connectivity index (χ4n) is 3.25. The summed E-state index contributed by atoms with van der Waals surface area (Å²) in [5.41, 5.74) is 1.53. The quantitative estimate of drug-likeness (QED) is 0.892. The second-order valence-electron chi connectivity index (χ2n) is 6.38. The van der Waals surface area contributed by atoms with Gasteiger partial charge in [-0.3, -0.25) is 14.5 Å². The number of aromatic nitrogens is 1. The second kappa shape index (κ2) is 7.88. The lowest BCUT2D eigenvalue weighted by molar-refractivity contribution is 0.0482. The molecule has 2 rings (SSSR count). The first-order valence-corrected chi connectivity index (χ1v) is 8.34. The van der Waals surface area contributed by atoms with Crippen molar-refractivity contribution in [1.82, 2.24) is 14.8 Å². The number of likely N-dealkylation sites (tertiary alicyclic amines) is 1. The summed E-state index contributed by atoms with van der Waals surface area (Å²) in [4.78, 5) is 30.8. The number of carbonyl (C=O) groups excluding carboxylic acids is 1. The predicted molar refractivity (Wildman–Crippen MR) is 88.7 cm³/mol. The molecule has 1 aromatic rings. The maximum atomic E-state index is 12.6. The van der Waals surface area contributed by atoms with Crippen molar-refractivity contribution >= 4 is 5.91 Å². The van der Waals surface area contributed by atoms with Gasteiger partial charge in [0, 0.05) is 24.8 Å². The van der Waals surface area contributed by atoms with Gasteiger partial charge in [0.05, 0.1) is 6.54 Å². The molecule has 1 fully saturated rings. The number of amides is 1. The van der Waals surface area contributed by atoms with Crippen LogP contribution in [0.3, 0.4) is 0 Å². The molecule has 1 aliphatic heterocycles. The smallest absolute Gasteiger partial charge is 0.261 e. The Labute approximate surface area is 140 Å². The molecule has 2 heterocycles. The van der Waals surface area contributed by atoms with E-state index < -0.39 is 6.43 Å². The van der Waals surface area contributed by atoms with Crippen LogP contribution in [0.15, 0.2) is 10.9 Å². The van der Waals surface area contributed by atoms with Crippen molar-refractivity contribution in [2.24, 2.45) is 0 Å². The molecular formula is C17H25F2N3O2.